The van der Waals surface area contributed by atoms with Gasteiger partial charge in [-0.1, -0.05) is 12.1 Å². The molecule has 0 unspecified atom stereocenters. The molecule has 0 radical (unpaired) electrons. The minimum atomic E-state index is -0.194. The van der Waals surface area contributed by atoms with E-state index in [2.05, 4.69) is 10.3 Å². The Balaban J connectivity index is 1.39. The van der Waals surface area contributed by atoms with Crippen LogP contribution in [0.2, 0.25) is 0 Å². The highest BCUT2D eigenvalue weighted by Gasteiger charge is 2.25. The van der Waals surface area contributed by atoms with Gasteiger partial charge in [-0.25, -0.2) is 4.39 Å². The summed E-state index contributed by atoms with van der Waals surface area (Å²) < 4.78 is 13.1. The molecule has 138 valence electrons. The number of thiophene rings is 1. The van der Waals surface area contributed by atoms with Gasteiger partial charge < -0.3 is 4.90 Å². The predicted octanol–water partition coefficient (Wildman–Crippen LogP) is 4.11. The molecule has 5 heteroatoms. The van der Waals surface area contributed by atoms with Crippen LogP contribution in [0, 0.1) is 5.82 Å². The SMILES string of the molecule is O=C(c1csc2c1CCCC2)N1CCCN(Cc2ccc(F)cc2)CC1. The average Bonchev–Trinajstić information content (AvgIpc) is 2.95. The van der Waals surface area contributed by atoms with Crippen molar-refractivity contribution in [1.82, 2.24) is 9.80 Å². The zero-order valence-electron chi connectivity index (χ0n) is 15.0. The van der Waals surface area contributed by atoms with Gasteiger partial charge in [-0.2, -0.15) is 0 Å². The maximum absolute atomic E-state index is 13.1. The zero-order valence-corrected chi connectivity index (χ0v) is 15.9. The largest absolute Gasteiger partial charge is 0.337 e. The summed E-state index contributed by atoms with van der Waals surface area (Å²) in [5.41, 5.74) is 3.40. The Labute approximate surface area is 158 Å². The zero-order chi connectivity index (χ0) is 17.9. The van der Waals surface area contributed by atoms with Crippen LogP contribution in [0.3, 0.4) is 0 Å². The summed E-state index contributed by atoms with van der Waals surface area (Å²) in [6, 6.07) is 6.73. The number of carbonyl (C=O) groups is 1. The van der Waals surface area contributed by atoms with Gasteiger partial charge in [0.25, 0.3) is 5.91 Å². The highest BCUT2D eigenvalue weighted by molar-refractivity contribution is 7.10. The summed E-state index contributed by atoms with van der Waals surface area (Å²) in [6.07, 6.45) is 5.64. The number of fused-ring (bicyclic) bond motifs is 1. The minimum Gasteiger partial charge on any atom is -0.337 e. The van der Waals surface area contributed by atoms with Crippen LogP contribution in [-0.2, 0) is 19.4 Å². The number of nitrogens with zero attached hydrogens (tertiary/aromatic N) is 2. The van der Waals surface area contributed by atoms with E-state index in [0.717, 1.165) is 63.1 Å². The molecule has 4 rings (SSSR count). The first-order chi connectivity index (χ1) is 12.7. The van der Waals surface area contributed by atoms with Crippen LogP contribution >= 0.6 is 11.3 Å². The van der Waals surface area contributed by atoms with Crippen LogP contribution in [0.4, 0.5) is 4.39 Å². The van der Waals surface area contributed by atoms with Gasteiger partial charge in [-0.05, 0) is 55.4 Å². The Hall–Kier alpha value is -1.72. The maximum atomic E-state index is 13.1. The smallest absolute Gasteiger partial charge is 0.255 e. The molecular weight excluding hydrogens is 347 g/mol. The van der Waals surface area contributed by atoms with Crippen LogP contribution in [0.5, 0.6) is 0 Å². The van der Waals surface area contributed by atoms with Crippen LogP contribution < -0.4 is 0 Å². The van der Waals surface area contributed by atoms with Gasteiger partial charge in [-0.15, -0.1) is 11.3 Å². The monoisotopic (exact) mass is 372 g/mol. The number of carbonyl (C=O) groups excluding carboxylic acids is 1. The molecule has 1 aromatic carbocycles. The number of aryl methyl sites for hydroxylation is 1. The van der Waals surface area contributed by atoms with E-state index < -0.39 is 0 Å². The van der Waals surface area contributed by atoms with Gasteiger partial charge in [0.05, 0.1) is 5.56 Å². The summed E-state index contributed by atoms with van der Waals surface area (Å²) in [5, 5.41) is 2.08. The van der Waals surface area contributed by atoms with Gasteiger partial charge in [0.2, 0.25) is 0 Å². The van der Waals surface area contributed by atoms with Gasteiger partial charge in [0.15, 0.2) is 0 Å². The first kappa shape index (κ1) is 17.7. The van der Waals surface area contributed by atoms with Crippen LogP contribution in [0.15, 0.2) is 29.6 Å². The Morgan fingerprint density at radius 2 is 1.81 bits per heavy atom. The second-order valence-corrected chi connectivity index (χ2v) is 8.27. The van der Waals surface area contributed by atoms with Crippen molar-refractivity contribution in [1.29, 1.82) is 0 Å². The molecule has 26 heavy (non-hydrogen) atoms. The first-order valence-corrected chi connectivity index (χ1v) is 10.4. The molecule has 0 bridgehead atoms. The van der Waals surface area contributed by atoms with E-state index in [0.29, 0.717) is 0 Å². The molecule has 1 fully saturated rings. The topological polar surface area (TPSA) is 23.6 Å². The molecule has 2 aliphatic rings. The van der Waals surface area contributed by atoms with Crippen LogP contribution in [-0.4, -0.2) is 41.9 Å². The van der Waals surface area contributed by atoms with E-state index in [1.807, 2.05) is 17.0 Å². The molecule has 0 atom stereocenters. The van der Waals surface area contributed by atoms with Crippen molar-refractivity contribution in [3.8, 4) is 0 Å². The molecule has 1 aliphatic carbocycles. The summed E-state index contributed by atoms with van der Waals surface area (Å²) >= 11 is 1.76. The molecule has 1 aliphatic heterocycles. The molecule has 3 nitrogen and oxygen atoms in total. The summed E-state index contributed by atoms with van der Waals surface area (Å²) in [7, 11) is 0. The van der Waals surface area contributed by atoms with Gasteiger partial charge in [0.1, 0.15) is 5.82 Å². The normalized spacial score (nSPS) is 18.4. The number of halogens is 1. The fourth-order valence-electron chi connectivity index (χ4n) is 4.02. The molecule has 2 aromatic rings. The third kappa shape index (κ3) is 3.84. The van der Waals surface area contributed by atoms with E-state index in [-0.39, 0.29) is 11.7 Å². The highest BCUT2D eigenvalue weighted by atomic mass is 32.1. The van der Waals surface area contributed by atoms with E-state index in [4.69, 9.17) is 0 Å². The molecule has 0 saturated carbocycles. The van der Waals surface area contributed by atoms with Gasteiger partial charge >= 0.3 is 0 Å². The standard InChI is InChI=1S/C21H25FN2OS/c22-17-8-6-16(7-9-17)14-23-10-3-11-24(13-12-23)21(25)19-15-26-20-5-2-1-4-18(19)20/h6-9,15H,1-5,10-14H2. The number of hydrogen-bond acceptors (Lipinski definition) is 3. The lowest BCUT2D eigenvalue weighted by Gasteiger charge is -2.23. The van der Waals surface area contributed by atoms with E-state index in [9.17, 15) is 9.18 Å². The lowest BCUT2D eigenvalue weighted by molar-refractivity contribution is 0.0760. The molecule has 1 aromatic heterocycles. The summed E-state index contributed by atoms with van der Waals surface area (Å²) in [5.74, 6) is 0.0218. The predicted molar refractivity (Wildman–Crippen MR) is 103 cm³/mol. The van der Waals surface area contributed by atoms with Crippen molar-refractivity contribution in [3.05, 3.63) is 57.0 Å². The van der Waals surface area contributed by atoms with Crippen molar-refractivity contribution in [2.24, 2.45) is 0 Å². The lowest BCUT2D eigenvalue weighted by atomic mass is 9.95. The number of benzene rings is 1. The van der Waals surface area contributed by atoms with Crippen LogP contribution in [0.1, 0.15) is 45.6 Å². The minimum absolute atomic E-state index is 0.194. The fourth-order valence-corrected chi connectivity index (χ4v) is 5.14. The molecule has 1 amide bonds. The Kier molecular flexibility index (Phi) is 5.36. The second-order valence-electron chi connectivity index (χ2n) is 7.31. The van der Waals surface area contributed by atoms with E-state index in [1.54, 1.807) is 11.3 Å². The van der Waals surface area contributed by atoms with Crippen molar-refractivity contribution in [3.63, 3.8) is 0 Å². The highest BCUT2D eigenvalue weighted by Crippen LogP contribution is 2.31. The van der Waals surface area contributed by atoms with E-state index in [1.165, 1.54) is 35.4 Å². The Bertz CT molecular complexity index is 771. The Morgan fingerprint density at radius 3 is 2.65 bits per heavy atom. The number of rotatable bonds is 3. The van der Waals surface area contributed by atoms with Gasteiger partial charge in [0, 0.05) is 43.0 Å². The molecule has 0 spiro atoms. The van der Waals surface area contributed by atoms with Crippen molar-refractivity contribution in [2.45, 2.75) is 38.6 Å². The molecule has 0 N–H and O–H groups in total. The second kappa shape index (κ2) is 7.89. The van der Waals surface area contributed by atoms with E-state index >= 15 is 0 Å². The first-order valence-electron chi connectivity index (χ1n) is 9.56. The maximum Gasteiger partial charge on any atom is 0.255 e. The third-order valence-electron chi connectivity index (χ3n) is 5.49. The van der Waals surface area contributed by atoms with Crippen LogP contribution in [0.25, 0.3) is 0 Å². The molecule has 1 saturated heterocycles. The Morgan fingerprint density at radius 1 is 1.00 bits per heavy atom. The van der Waals surface area contributed by atoms with Crippen molar-refractivity contribution in [2.75, 3.05) is 26.2 Å². The average molecular weight is 373 g/mol. The quantitative estimate of drug-likeness (QED) is 0.809. The molecule has 2 heterocycles. The third-order valence-corrected chi connectivity index (χ3v) is 6.58. The number of hydrogen-bond donors (Lipinski definition) is 0. The van der Waals surface area contributed by atoms with Crippen molar-refractivity contribution >= 4 is 17.2 Å². The van der Waals surface area contributed by atoms with Crippen molar-refractivity contribution < 1.29 is 9.18 Å². The molecular formula is C21H25FN2OS. The van der Waals surface area contributed by atoms with Gasteiger partial charge in [-0.3, -0.25) is 9.69 Å². The fraction of sp³-hybridized carbons (Fsp3) is 0.476. The number of amides is 1. The lowest BCUT2D eigenvalue weighted by Crippen LogP contribution is -2.35. The summed E-state index contributed by atoms with van der Waals surface area (Å²) in [4.78, 5) is 18.9. The summed E-state index contributed by atoms with van der Waals surface area (Å²) in [6.45, 7) is 4.25.